The van der Waals surface area contributed by atoms with Crippen LogP contribution in [0.5, 0.6) is 5.75 Å². The van der Waals surface area contributed by atoms with E-state index in [0.717, 1.165) is 0 Å². The van der Waals surface area contributed by atoms with Gasteiger partial charge in [0.2, 0.25) is 0 Å². The van der Waals surface area contributed by atoms with E-state index >= 15 is 0 Å². The van der Waals surface area contributed by atoms with Crippen LogP contribution in [0.2, 0.25) is 0 Å². The lowest BCUT2D eigenvalue weighted by Crippen LogP contribution is -2.37. The molecule has 1 rings (SSSR count). The van der Waals surface area contributed by atoms with Crippen molar-refractivity contribution in [3.05, 3.63) is 23.8 Å². The van der Waals surface area contributed by atoms with Crippen LogP contribution in [0.1, 0.15) is 17.3 Å². The summed E-state index contributed by atoms with van der Waals surface area (Å²) in [6, 6.07) is 4.63. The Labute approximate surface area is 101 Å². The van der Waals surface area contributed by atoms with Crippen molar-refractivity contribution < 1.29 is 14.6 Å². The Bertz CT molecular complexity index is 407. The summed E-state index contributed by atoms with van der Waals surface area (Å²) in [5.41, 5.74) is 6.65. The molecule has 0 fully saturated rings. The highest BCUT2D eigenvalue weighted by Crippen LogP contribution is 2.23. The molecule has 1 unspecified atom stereocenters. The molecule has 17 heavy (non-hydrogen) atoms. The van der Waals surface area contributed by atoms with Gasteiger partial charge in [0, 0.05) is 12.6 Å². The zero-order valence-electron chi connectivity index (χ0n) is 10.3. The minimum atomic E-state index is -0.231. The summed E-state index contributed by atoms with van der Waals surface area (Å²) in [4.78, 5) is 13.5. The molecule has 94 valence electrons. The van der Waals surface area contributed by atoms with Crippen molar-refractivity contribution in [2.75, 3.05) is 26.5 Å². The Morgan fingerprint density at radius 3 is 2.76 bits per heavy atom. The third kappa shape index (κ3) is 2.88. The first-order chi connectivity index (χ1) is 8.01. The minimum absolute atomic E-state index is 0.0751. The zero-order valence-corrected chi connectivity index (χ0v) is 10.3. The molecule has 0 aliphatic carbocycles. The summed E-state index contributed by atoms with van der Waals surface area (Å²) in [6.07, 6.45) is 0. The van der Waals surface area contributed by atoms with Gasteiger partial charge in [0.1, 0.15) is 5.75 Å². The normalized spacial score (nSPS) is 12.0. The maximum atomic E-state index is 12.0. The molecule has 0 spiro atoms. The van der Waals surface area contributed by atoms with Gasteiger partial charge in [0.15, 0.2) is 0 Å². The number of nitrogens with zero attached hydrogens (tertiary/aromatic N) is 1. The number of carbonyl (C=O) groups excluding carboxylic acids is 1. The number of hydrogen-bond donors (Lipinski definition) is 2. The van der Waals surface area contributed by atoms with Gasteiger partial charge >= 0.3 is 0 Å². The number of hydrogen-bond acceptors (Lipinski definition) is 4. The van der Waals surface area contributed by atoms with Crippen molar-refractivity contribution in [1.29, 1.82) is 0 Å². The highest BCUT2D eigenvalue weighted by Gasteiger charge is 2.17. The lowest BCUT2D eigenvalue weighted by molar-refractivity contribution is 0.0682. The molecule has 5 heteroatoms. The number of amides is 1. The number of aliphatic hydroxyl groups excluding tert-OH is 1. The molecule has 0 saturated heterocycles. The van der Waals surface area contributed by atoms with Gasteiger partial charge < -0.3 is 20.5 Å². The van der Waals surface area contributed by atoms with Crippen molar-refractivity contribution in [2.24, 2.45) is 0 Å². The van der Waals surface area contributed by atoms with E-state index in [1.165, 1.54) is 12.0 Å². The van der Waals surface area contributed by atoms with E-state index in [1.54, 1.807) is 32.2 Å². The van der Waals surface area contributed by atoms with Crippen molar-refractivity contribution in [2.45, 2.75) is 13.0 Å². The molecule has 0 aromatic heterocycles. The number of aliphatic hydroxyl groups is 1. The molecule has 0 saturated carbocycles. The van der Waals surface area contributed by atoms with Gasteiger partial charge in [-0.1, -0.05) is 0 Å². The molecule has 0 bridgehead atoms. The SMILES string of the molecule is COc1cc(C(=O)N(C)C(C)CO)ccc1N. The molecule has 0 heterocycles. The molecule has 0 radical (unpaired) electrons. The molecule has 5 nitrogen and oxygen atoms in total. The average Bonchev–Trinajstić information content (AvgIpc) is 2.36. The number of methoxy groups -OCH3 is 1. The van der Waals surface area contributed by atoms with Crippen LogP contribution in [0.4, 0.5) is 5.69 Å². The summed E-state index contributed by atoms with van der Waals surface area (Å²) in [5.74, 6) is 0.297. The zero-order chi connectivity index (χ0) is 13.0. The van der Waals surface area contributed by atoms with E-state index in [0.29, 0.717) is 17.0 Å². The quantitative estimate of drug-likeness (QED) is 0.758. The summed E-state index contributed by atoms with van der Waals surface area (Å²) in [7, 11) is 3.14. The second kappa shape index (κ2) is 5.54. The molecule has 1 atom stereocenters. The number of nitrogen functional groups attached to an aromatic ring is 1. The second-order valence-electron chi connectivity index (χ2n) is 3.90. The molecular weight excluding hydrogens is 220 g/mol. The Balaban J connectivity index is 2.96. The predicted octanol–water partition coefficient (Wildman–Crippen LogP) is 0.730. The fourth-order valence-electron chi connectivity index (χ4n) is 1.37. The highest BCUT2D eigenvalue weighted by atomic mass is 16.5. The summed E-state index contributed by atoms with van der Waals surface area (Å²) in [5, 5.41) is 9.01. The molecule has 0 aliphatic rings. The number of rotatable bonds is 4. The van der Waals surface area contributed by atoms with E-state index in [9.17, 15) is 4.79 Å². The van der Waals surface area contributed by atoms with Gasteiger partial charge in [0.05, 0.1) is 25.4 Å². The van der Waals surface area contributed by atoms with Crippen LogP contribution in [0.3, 0.4) is 0 Å². The number of likely N-dealkylation sites (N-methyl/N-ethyl adjacent to an activating group) is 1. The van der Waals surface area contributed by atoms with Crippen molar-refractivity contribution in [1.82, 2.24) is 4.90 Å². The monoisotopic (exact) mass is 238 g/mol. The number of nitrogens with two attached hydrogens (primary N) is 1. The maximum Gasteiger partial charge on any atom is 0.254 e. The maximum absolute atomic E-state index is 12.0. The van der Waals surface area contributed by atoms with Crippen LogP contribution in [0.15, 0.2) is 18.2 Å². The first kappa shape index (κ1) is 13.3. The Hall–Kier alpha value is -1.75. The largest absolute Gasteiger partial charge is 0.495 e. The topological polar surface area (TPSA) is 75.8 Å². The Morgan fingerprint density at radius 2 is 2.24 bits per heavy atom. The smallest absolute Gasteiger partial charge is 0.254 e. The van der Waals surface area contributed by atoms with Crippen LogP contribution >= 0.6 is 0 Å². The summed E-state index contributed by atoms with van der Waals surface area (Å²) >= 11 is 0. The van der Waals surface area contributed by atoms with E-state index in [4.69, 9.17) is 15.6 Å². The highest BCUT2D eigenvalue weighted by molar-refractivity contribution is 5.95. The third-order valence-corrected chi connectivity index (χ3v) is 2.73. The van der Waals surface area contributed by atoms with E-state index in [2.05, 4.69) is 0 Å². The number of carbonyl (C=O) groups is 1. The van der Waals surface area contributed by atoms with Gasteiger partial charge in [-0.05, 0) is 25.1 Å². The fourth-order valence-corrected chi connectivity index (χ4v) is 1.37. The molecule has 1 aromatic rings. The van der Waals surface area contributed by atoms with Gasteiger partial charge in [-0.2, -0.15) is 0 Å². The van der Waals surface area contributed by atoms with E-state index < -0.39 is 0 Å². The lowest BCUT2D eigenvalue weighted by atomic mass is 10.1. The Morgan fingerprint density at radius 1 is 1.59 bits per heavy atom. The van der Waals surface area contributed by atoms with E-state index in [-0.39, 0.29) is 18.6 Å². The van der Waals surface area contributed by atoms with Gasteiger partial charge in [0.25, 0.3) is 5.91 Å². The predicted molar refractivity (Wildman–Crippen MR) is 66.0 cm³/mol. The number of benzene rings is 1. The molecule has 1 amide bonds. The lowest BCUT2D eigenvalue weighted by Gasteiger charge is -2.23. The first-order valence-corrected chi connectivity index (χ1v) is 5.32. The average molecular weight is 238 g/mol. The van der Waals surface area contributed by atoms with Crippen LogP contribution in [-0.2, 0) is 0 Å². The van der Waals surface area contributed by atoms with Gasteiger partial charge in [-0.3, -0.25) is 4.79 Å². The minimum Gasteiger partial charge on any atom is -0.495 e. The molecule has 3 N–H and O–H groups in total. The molecule has 1 aromatic carbocycles. The Kier molecular flexibility index (Phi) is 4.34. The molecular formula is C12H18N2O3. The van der Waals surface area contributed by atoms with Crippen molar-refractivity contribution in [3.8, 4) is 5.75 Å². The van der Waals surface area contributed by atoms with Crippen molar-refractivity contribution in [3.63, 3.8) is 0 Å². The summed E-state index contributed by atoms with van der Waals surface area (Å²) in [6.45, 7) is 1.70. The van der Waals surface area contributed by atoms with Crippen LogP contribution in [0.25, 0.3) is 0 Å². The van der Waals surface area contributed by atoms with Gasteiger partial charge in [-0.15, -0.1) is 0 Å². The fraction of sp³-hybridized carbons (Fsp3) is 0.417. The summed E-state index contributed by atoms with van der Waals surface area (Å²) < 4.78 is 5.06. The van der Waals surface area contributed by atoms with Crippen LogP contribution in [-0.4, -0.2) is 42.7 Å². The van der Waals surface area contributed by atoms with Crippen molar-refractivity contribution >= 4 is 11.6 Å². The van der Waals surface area contributed by atoms with Crippen LogP contribution in [0, 0.1) is 0 Å². The standard InChI is InChI=1S/C12H18N2O3/c1-8(7-15)14(2)12(16)9-4-5-10(13)11(6-9)17-3/h4-6,8,15H,7,13H2,1-3H3. The number of anilines is 1. The first-order valence-electron chi connectivity index (χ1n) is 5.32. The third-order valence-electron chi connectivity index (χ3n) is 2.73. The number of ether oxygens (including phenoxy) is 1. The van der Waals surface area contributed by atoms with Gasteiger partial charge in [-0.25, -0.2) is 0 Å². The van der Waals surface area contributed by atoms with Crippen LogP contribution < -0.4 is 10.5 Å². The second-order valence-corrected chi connectivity index (χ2v) is 3.90. The molecule has 0 aliphatic heterocycles. The van der Waals surface area contributed by atoms with E-state index in [1.807, 2.05) is 0 Å².